The SMILES string of the molecule is COc1ccccc1CC(=O)N1CC(Oc2cc(C)n(C)c(=O)c2)C1. The molecular formula is C19H22N2O4. The van der Waals surface area contributed by atoms with Gasteiger partial charge in [-0.15, -0.1) is 0 Å². The van der Waals surface area contributed by atoms with Crippen LogP contribution in [0.3, 0.4) is 0 Å². The fourth-order valence-electron chi connectivity index (χ4n) is 2.84. The van der Waals surface area contributed by atoms with Gasteiger partial charge in [-0.05, 0) is 19.1 Å². The molecular weight excluding hydrogens is 320 g/mol. The summed E-state index contributed by atoms with van der Waals surface area (Å²) in [6.45, 7) is 2.92. The van der Waals surface area contributed by atoms with E-state index < -0.39 is 0 Å². The van der Waals surface area contributed by atoms with Crippen LogP contribution in [0.4, 0.5) is 0 Å². The van der Waals surface area contributed by atoms with Crippen molar-refractivity contribution in [3.8, 4) is 11.5 Å². The Kier molecular flexibility index (Phi) is 4.79. The molecule has 6 heteroatoms. The standard InChI is InChI=1S/C19H22N2O4/c1-13-8-15(10-18(22)20(13)2)25-16-11-21(12-16)19(23)9-14-6-4-5-7-17(14)24-3/h4-8,10,16H,9,11-12H2,1-3H3. The molecule has 1 fully saturated rings. The third-order valence-electron chi connectivity index (χ3n) is 4.51. The van der Waals surface area contributed by atoms with Gasteiger partial charge in [-0.25, -0.2) is 0 Å². The van der Waals surface area contributed by atoms with Crippen LogP contribution < -0.4 is 15.0 Å². The van der Waals surface area contributed by atoms with E-state index in [-0.39, 0.29) is 17.6 Å². The maximum atomic E-state index is 12.4. The van der Waals surface area contributed by atoms with Gasteiger partial charge < -0.3 is 18.9 Å². The van der Waals surface area contributed by atoms with Crippen molar-refractivity contribution in [3.63, 3.8) is 0 Å². The number of para-hydroxylation sites is 1. The molecule has 0 unspecified atom stereocenters. The van der Waals surface area contributed by atoms with Crippen molar-refractivity contribution in [1.29, 1.82) is 0 Å². The fraction of sp³-hybridized carbons (Fsp3) is 0.368. The van der Waals surface area contributed by atoms with Crippen LogP contribution in [0.25, 0.3) is 0 Å². The number of rotatable bonds is 5. The molecule has 0 bridgehead atoms. The van der Waals surface area contributed by atoms with Crippen LogP contribution in [0.2, 0.25) is 0 Å². The molecule has 3 rings (SSSR count). The highest BCUT2D eigenvalue weighted by Crippen LogP contribution is 2.22. The second kappa shape index (κ2) is 7.01. The lowest BCUT2D eigenvalue weighted by Crippen LogP contribution is -2.56. The van der Waals surface area contributed by atoms with E-state index in [0.717, 1.165) is 17.0 Å². The maximum Gasteiger partial charge on any atom is 0.254 e. The highest BCUT2D eigenvalue weighted by atomic mass is 16.5. The van der Waals surface area contributed by atoms with E-state index in [1.54, 1.807) is 23.6 Å². The number of ether oxygens (including phenoxy) is 2. The van der Waals surface area contributed by atoms with E-state index in [0.29, 0.717) is 25.3 Å². The predicted molar refractivity (Wildman–Crippen MR) is 94.1 cm³/mol. The Labute approximate surface area is 146 Å². The first-order valence-electron chi connectivity index (χ1n) is 8.22. The monoisotopic (exact) mass is 342 g/mol. The average molecular weight is 342 g/mol. The van der Waals surface area contributed by atoms with E-state index >= 15 is 0 Å². The van der Waals surface area contributed by atoms with E-state index in [9.17, 15) is 9.59 Å². The van der Waals surface area contributed by atoms with Crippen molar-refractivity contribution in [2.45, 2.75) is 19.4 Å². The number of hydrogen-bond donors (Lipinski definition) is 0. The Morgan fingerprint density at radius 1 is 1.24 bits per heavy atom. The second-order valence-corrected chi connectivity index (χ2v) is 6.26. The average Bonchev–Trinajstić information content (AvgIpc) is 2.55. The first kappa shape index (κ1) is 17.1. The van der Waals surface area contributed by atoms with Crippen molar-refractivity contribution in [2.75, 3.05) is 20.2 Å². The Morgan fingerprint density at radius 2 is 1.96 bits per heavy atom. The number of likely N-dealkylation sites (tertiary alicyclic amines) is 1. The van der Waals surface area contributed by atoms with Gasteiger partial charge in [0.25, 0.3) is 5.56 Å². The topological polar surface area (TPSA) is 60.8 Å². The van der Waals surface area contributed by atoms with Crippen LogP contribution in [-0.2, 0) is 18.3 Å². The van der Waals surface area contributed by atoms with E-state index in [1.165, 1.54) is 6.07 Å². The smallest absolute Gasteiger partial charge is 0.254 e. The Balaban J connectivity index is 1.55. The van der Waals surface area contributed by atoms with Crippen molar-refractivity contribution in [1.82, 2.24) is 9.47 Å². The zero-order valence-corrected chi connectivity index (χ0v) is 14.7. The molecule has 1 saturated heterocycles. The summed E-state index contributed by atoms with van der Waals surface area (Å²) in [6.07, 6.45) is 0.231. The summed E-state index contributed by atoms with van der Waals surface area (Å²) >= 11 is 0. The quantitative estimate of drug-likeness (QED) is 0.827. The lowest BCUT2D eigenvalue weighted by atomic mass is 10.1. The molecule has 132 valence electrons. The van der Waals surface area contributed by atoms with Crippen molar-refractivity contribution >= 4 is 5.91 Å². The van der Waals surface area contributed by atoms with Crippen LogP contribution in [0.5, 0.6) is 11.5 Å². The van der Waals surface area contributed by atoms with E-state index in [2.05, 4.69) is 0 Å². The second-order valence-electron chi connectivity index (χ2n) is 6.26. The third kappa shape index (κ3) is 3.68. The first-order valence-corrected chi connectivity index (χ1v) is 8.22. The van der Waals surface area contributed by atoms with Gasteiger partial charge in [-0.3, -0.25) is 9.59 Å². The molecule has 0 N–H and O–H groups in total. The largest absolute Gasteiger partial charge is 0.496 e. The van der Waals surface area contributed by atoms with Gasteiger partial charge >= 0.3 is 0 Å². The van der Waals surface area contributed by atoms with Crippen LogP contribution in [0, 0.1) is 6.92 Å². The number of carbonyl (C=O) groups excluding carboxylic acids is 1. The van der Waals surface area contributed by atoms with Gasteiger partial charge in [-0.1, -0.05) is 18.2 Å². The summed E-state index contributed by atoms with van der Waals surface area (Å²) < 4.78 is 12.7. The number of aryl methyl sites for hydroxylation is 1. The normalized spacial score (nSPS) is 14.1. The predicted octanol–water partition coefficient (Wildman–Crippen LogP) is 1.53. The summed E-state index contributed by atoms with van der Waals surface area (Å²) in [5.41, 5.74) is 1.62. The molecule has 0 radical (unpaired) electrons. The zero-order chi connectivity index (χ0) is 18.0. The van der Waals surface area contributed by atoms with Gasteiger partial charge in [0, 0.05) is 24.4 Å². The molecule has 1 aliphatic heterocycles. The van der Waals surface area contributed by atoms with Crippen molar-refractivity contribution in [3.05, 3.63) is 58.0 Å². The summed E-state index contributed by atoms with van der Waals surface area (Å²) in [5.74, 6) is 1.33. The van der Waals surface area contributed by atoms with Crippen molar-refractivity contribution < 1.29 is 14.3 Å². The fourth-order valence-corrected chi connectivity index (χ4v) is 2.84. The molecule has 25 heavy (non-hydrogen) atoms. The number of carbonyl (C=O) groups is 1. The van der Waals surface area contributed by atoms with Crippen LogP contribution in [0.15, 0.2) is 41.2 Å². The molecule has 0 saturated carbocycles. The number of benzene rings is 1. The minimum absolute atomic E-state index is 0.0458. The Morgan fingerprint density at radius 3 is 2.64 bits per heavy atom. The van der Waals surface area contributed by atoms with E-state index in [1.807, 2.05) is 37.3 Å². The number of amides is 1. The molecule has 0 spiro atoms. The lowest BCUT2D eigenvalue weighted by Gasteiger charge is -2.39. The summed E-state index contributed by atoms with van der Waals surface area (Å²) in [7, 11) is 3.33. The first-order chi connectivity index (χ1) is 12.0. The molecule has 1 amide bonds. The highest BCUT2D eigenvalue weighted by molar-refractivity contribution is 5.80. The lowest BCUT2D eigenvalue weighted by molar-refractivity contribution is -0.139. The van der Waals surface area contributed by atoms with Gasteiger partial charge in [0.15, 0.2) is 0 Å². The molecule has 0 aliphatic carbocycles. The number of hydrogen-bond acceptors (Lipinski definition) is 4. The summed E-state index contributed by atoms with van der Waals surface area (Å²) in [6, 6.07) is 10.8. The number of methoxy groups -OCH3 is 1. The zero-order valence-electron chi connectivity index (χ0n) is 14.7. The van der Waals surface area contributed by atoms with Crippen LogP contribution in [-0.4, -0.2) is 41.7 Å². The molecule has 6 nitrogen and oxygen atoms in total. The maximum absolute atomic E-state index is 12.4. The third-order valence-corrected chi connectivity index (χ3v) is 4.51. The number of pyridine rings is 1. The summed E-state index contributed by atoms with van der Waals surface area (Å²) in [4.78, 5) is 25.9. The van der Waals surface area contributed by atoms with Crippen LogP contribution >= 0.6 is 0 Å². The van der Waals surface area contributed by atoms with Gasteiger partial charge in [-0.2, -0.15) is 0 Å². The molecule has 1 aromatic carbocycles. The van der Waals surface area contributed by atoms with Gasteiger partial charge in [0.2, 0.25) is 5.91 Å². The minimum Gasteiger partial charge on any atom is -0.496 e. The van der Waals surface area contributed by atoms with E-state index in [4.69, 9.17) is 9.47 Å². The van der Waals surface area contributed by atoms with Gasteiger partial charge in [0.1, 0.15) is 17.6 Å². The Hall–Kier alpha value is -2.76. The molecule has 0 atom stereocenters. The Bertz CT molecular complexity index is 838. The number of aromatic nitrogens is 1. The molecule has 1 aliphatic rings. The van der Waals surface area contributed by atoms with Gasteiger partial charge in [0.05, 0.1) is 26.6 Å². The van der Waals surface area contributed by atoms with Crippen molar-refractivity contribution in [2.24, 2.45) is 7.05 Å². The molecule has 2 heterocycles. The minimum atomic E-state index is -0.0987. The summed E-state index contributed by atoms with van der Waals surface area (Å²) in [5, 5.41) is 0. The molecule has 1 aromatic heterocycles. The molecule has 2 aromatic rings. The number of nitrogens with zero attached hydrogens (tertiary/aromatic N) is 2. The van der Waals surface area contributed by atoms with Crippen LogP contribution in [0.1, 0.15) is 11.3 Å². The highest BCUT2D eigenvalue weighted by Gasteiger charge is 2.32.